The average Bonchev–Trinajstić information content (AvgIpc) is 3.46. The van der Waals surface area contributed by atoms with Crippen LogP contribution in [0.5, 0.6) is 0 Å². The summed E-state index contributed by atoms with van der Waals surface area (Å²) in [5.41, 5.74) is -0.789. The number of hydrogen-bond acceptors (Lipinski definition) is 8. The van der Waals surface area contributed by atoms with E-state index >= 15 is 0 Å². The molecule has 2 atom stereocenters. The van der Waals surface area contributed by atoms with Crippen LogP contribution in [-0.4, -0.2) is 66.2 Å². The van der Waals surface area contributed by atoms with Gasteiger partial charge in [-0.25, -0.2) is 4.79 Å². The van der Waals surface area contributed by atoms with Crippen LogP contribution in [0.2, 0.25) is 0 Å². The van der Waals surface area contributed by atoms with Crippen molar-refractivity contribution in [1.82, 2.24) is 10.6 Å². The molecule has 0 aliphatic carbocycles. The Kier molecular flexibility index (Phi) is 20.9. The van der Waals surface area contributed by atoms with Crippen LogP contribution < -0.4 is 10.6 Å². The largest absolute Gasteiger partial charge is 0.469 e. The van der Waals surface area contributed by atoms with Crippen molar-refractivity contribution < 1.29 is 38.9 Å². The number of aliphatic hydroxyl groups excluding tert-OH is 2. The fourth-order valence-corrected chi connectivity index (χ4v) is 4.69. The lowest BCUT2D eigenvalue weighted by Crippen LogP contribution is -2.49. The molecule has 276 valence electrons. The first-order valence-corrected chi connectivity index (χ1v) is 17.6. The SMILES string of the molecule is CC/C=C\C/C=C\C/C=C\C/C=C\C/C=C\C/C=C\CCC(=O)NC(CNC(=O)C1=CC(=O)C(C)(c2ccccc2)O1)C(=O)OCC(CO)CO. The molecule has 2 unspecified atom stereocenters. The highest BCUT2D eigenvalue weighted by molar-refractivity contribution is 6.07. The van der Waals surface area contributed by atoms with E-state index in [-0.39, 0.29) is 25.3 Å². The summed E-state index contributed by atoms with van der Waals surface area (Å²) in [5.74, 6) is -3.34. The molecule has 1 aromatic rings. The van der Waals surface area contributed by atoms with E-state index in [0.29, 0.717) is 12.0 Å². The van der Waals surface area contributed by atoms with Gasteiger partial charge in [0.05, 0.1) is 19.8 Å². The zero-order chi connectivity index (χ0) is 37.2. The second kappa shape index (κ2) is 25.2. The van der Waals surface area contributed by atoms with Crippen LogP contribution in [-0.2, 0) is 34.3 Å². The molecule has 0 radical (unpaired) electrons. The van der Waals surface area contributed by atoms with Gasteiger partial charge in [0.15, 0.2) is 11.4 Å². The molecule has 2 rings (SSSR count). The first kappa shape index (κ1) is 42.4. The van der Waals surface area contributed by atoms with Gasteiger partial charge in [-0.05, 0) is 51.9 Å². The molecule has 0 fully saturated rings. The van der Waals surface area contributed by atoms with Crippen molar-refractivity contribution in [2.24, 2.45) is 5.92 Å². The van der Waals surface area contributed by atoms with E-state index in [0.717, 1.165) is 44.6 Å². The third-order valence-corrected chi connectivity index (χ3v) is 7.79. The van der Waals surface area contributed by atoms with Crippen molar-refractivity contribution >= 4 is 23.6 Å². The van der Waals surface area contributed by atoms with Crippen molar-refractivity contribution in [1.29, 1.82) is 0 Å². The molecule has 4 N–H and O–H groups in total. The number of ketones is 1. The molecule has 10 nitrogen and oxygen atoms in total. The van der Waals surface area contributed by atoms with Gasteiger partial charge in [-0.1, -0.05) is 110 Å². The number of carbonyl (C=O) groups is 4. The Balaban J connectivity index is 1.78. The highest BCUT2D eigenvalue weighted by atomic mass is 16.5. The minimum absolute atomic E-state index is 0.0913. The van der Waals surface area contributed by atoms with Gasteiger partial charge in [-0.2, -0.15) is 0 Å². The van der Waals surface area contributed by atoms with Crippen LogP contribution in [0, 0.1) is 5.92 Å². The molecular formula is C41H54N2O8. The predicted molar refractivity (Wildman–Crippen MR) is 199 cm³/mol. The molecule has 1 aliphatic rings. The number of rotatable bonds is 24. The first-order chi connectivity index (χ1) is 24.7. The molecular weight excluding hydrogens is 648 g/mol. The van der Waals surface area contributed by atoms with Crippen LogP contribution in [0.15, 0.2) is 115 Å². The van der Waals surface area contributed by atoms with Crippen molar-refractivity contribution in [3.63, 3.8) is 0 Å². The Morgan fingerprint density at radius 2 is 1.35 bits per heavy atom. The van der Waals surface area contributed by atoms with Crippen LogP contribution in [0.1, 0.15) is 70.8 Å². The number of benzene rings is 1. The molecule has 51 heavy (non-hydrogen) atoms. The van der Waals surface area contributed by atoms with Crippen molar-refractivity contribution in [3.05, 3.63) is 121 Å². The predicted octanol–water partition coefficient (Wildman–Crippen LogP) is 5.61. The van der Waals surface area contributed by atoms with Crippen LogP contribution in [0.4, 0.5) is 0 Å². The van der Waals surface area contributed by atoms with E-state index in [1.165, 1.54) is 0 Å². The maximum atomic E-state index is 12.9. The molecule has 0 bridgehead atoms. The maximum absolute atomic E-state index is 12.9. The summed E-state index contributed by atoms with van der Waals surface area (Å²) >= 11 is 0. The highest BCUT2D eigenvalue weighted by Crippen LogP contribution is 2.34. The zero-order valence-electron chi connectivity index (χ0n) is 29.9. The summed E-state index contributed by atoms with van der Waals surface area (Å²) in [4.78, 5) is 51.2. The second-order valence-electron chi connectivity index (χ2n) is 12.0. The topological polar surface area (TPSA) is 151 Å². The number of esters is 1. The molecule has 0 spiro atoms. The normalized spacial score (nSPS) is 17.0. The third kappa shape index (κ3) is 16.6. The van der Waals surface area contributed by atoms with Gasteiger partial charge in [0.2, 0.25) is 11.7 Å². The van der Waals surface area contributed by atoms with Crippen molar-refractivity contribution in [2.45, 2.75) is 76.9 Å². The van der Waals surface area contributed by atoms with Crippen molar-refractivity contribution in [3.8, 4) is 0 Å². The Morgan fingerprint density at radius 3 is 1.88 bits per heavy atom. The first-order valence-electron chi connectivity index (χ1n) is 17.6. The standard InChI is InChI=1S/C41H54N2O8/c1-3-4-5-6-7-8-9-10-11-12-13-14-15-16-17-18-19-20-24-27-38(47)43-35(40(49)50-32-33(30-44)31-45)29-42-39(48)36-28-37(46)41(2,51-36)34-25-22-21-23-26-34/h4-5,7-8,10-11,13-14,16-17,19-23,25-26,28,33,35,44-45H,3,6,9,12,15,18,24,27,29-32H2,1-2H3,(H,42,48)(H,43,47)/b5-4-,8-7-,11-10-,14-13-,17-16-,20-19-. The van der Waals surface area contributed by atoms with E-state index in [2.05, 4.69) is 78.3 Å². The van der Waals surface area contributed by atoms with Crippen LogP contribution >= 0.6 is 0 Å². The van der Waals surface area contributed by atoms with Gasteiger partial charge in [-0.3, -0.25) is 14.4 Å². The lowest BCUT2D eigenvalue weighted by Gasteiger charge is -2.24. The molecule has 1 heterocycles. The molecule has 1 aromatic carbocycles. The molecule has 0 aromatic heterocycles. The van der Waals surface area contributed by atoms with E-state index in [9.17, 15) is 29.4 Å². The smallest absolute Gasteiger partial charge is 0.330 e. The fourth-order valence-electron chi connectivity index (χ4n) is 4.69. The average molecular weight is 703 g/mol. The number of amides is 2. The summed E-state index contributed by atoms with van der Waals surface area (Å²) in [6.07, 6.45) is 32.3. The van der Waals surface area contributed by atoms with Gasteiger partial charge in [0.1, 0.15) is 6.04 Å². The van der Waals surface area contributed by atoms with Crippen LogP contribution in [0.25, 0.3) is 0 Å². The van der Waals surface area contributed by atoms with Crippen LogP contribution in [0.3, 0.4) is 0 Å². The monoisotopic (exact) mass is 702 g/mol. The molecule has 1 aliphatic heterocycles. The Morgan fingerprint density at radius 1 is 0.824 bits per heavy atom. The number of ether oxygens (including phenoxy) is 2. The summed E-state index contributed by atoms with van der Waals surface area (Å²) in [6, 6.07) is 7.50. The Hall–Kier alpha value is -4.80. The summed E-state index contributed by atoms with van der Waals surface area (Å²) in [6.45, 7) is 2.28. The van der Waals surface area contributed by atoms with E-state index in [1.807, 2.05) is 12.2 Å². The van der Waals surface area contributed by atoms with Gasteiger partial charge in [0, 0.05) is 30.5 Å². The van der Waals surface area contributed by atoms with E-state index in [1.54, 1.807) is 37.3 Å². The number of aliphatic hydroxyl groups is 2. The van der Waals surface area contributed by atoms with Gasteiger partial charge in [0.25, 0.3) is 5.91 Å². The Bertz CT molecular complexity index is 1440. The second-order valence-corrected chi connectivity index (χ2v) is 12.0. The number of carbonyl (C=O) groups excluding carboxylic acids is 4. The molecule has 0 saturated carbocycles. The number of hydrogen-bond donors (Lipinski definition) is 4. The molecule has 0 saturated heterocycles. The molecule has 2 amide bonds. The number of nitrogens with one attached hydrogen (secondary N) is 2. The number of allylic oxidation sites excluding steroid dienone is 12. The van der Waals surface area contributed by atoms with E-state index < -0.39 is 54.3 Å². The quantitative estimate of drug-likeness (QED) is 0.0803. The van der Waals surface area contributed by atoms with Gasteiger partial charge < -0.3 is 30.3 Å². The maximum Gasteiger partial charge on any atom is 0.330 e. The summed E-state index contributed by atoms with van der Waals surface area (Å²) < 4.78 is 11.0. The summed E-state index contributed by atoms with van der Waals surface area (Å²) in [7, 11) is 0. The summed E-state index contributed by atoms with van der Waals surface area (Å²) in [5, 5.41) is 23.7. The minimum Gasteiger partial charge on any atom is -0.469 e. The fraction of sp³-hybridized carbons (Fsp3) is 0.415. The third-order valence-electron chi connectivity index (χ3n) is 7.79. The highest BCUT2D eigenvalue weighted by Gasteiger charge is 2.43. The zero-order valence-corrected chi connectivity index (χ0v) is 29.9. The van der Waals surface area contributed by atoms with Gasteiger partial charge >= 0.3 is 5.97 Å². The van der Waals surface area contributed by atoms with Gasteiger partial charge in [-0.15, -0.1) is 0 Å². The molecule has 10 heteroatoms. The lowest BCUT2D eigenvalue weighted by molar-refractivity contribution is -0.150. The van der Waals surface area contributed by atoms with Crippen molar-refractivity contribution in [2.75, 3.05) is 26.4 Å². The van der Waals surface area contributed by atoms with E-state index in [4.69, 9.17) is 9.47 Å². The Labute approximate surface area is 302 Å². The minimum atomic E-state index is -1.37. The lowest BCUT2D eigenvalue weighted by atomic mass is 9.92.